The molecule has 0 radical (unpaired) electrons. The Hall–Kier alpha value is -1.23. The van der Waals surface area contributed by atoms with Gasteiger partial charge in [-0.2, -0.15) is 0 Å². The molecule has 0 saturated heterocycles. The molecule has 3 rings (SSSR count). The van der Waals surface area contributed by atoms with Crippen LogP contribution in [0.4, 0.5) is 10.7 Å². The third kappa shape index (κ3) is 2.63. The molecule has 1 aromatic heterocycles. The topological polar surface area (TPSA) is 64.3 Å². The van der Waals surface area contributed by atoms with Crippen molar-refractivity contribution in [3.8, 4) is 5.75 Å². The van der Waals surface area contributed by atoms with Crippen molar-refractivity contribution in [2.24, 2.45) is 17.3 Å². The highest BCUT2D eigenvalue weighted by Gasteiger charge is 2.53. The zero-order chi connectivity index (χ0) is 15.2. The molecular weight excluding hydrogens is 284 g/mol. The van der Waals surface area contributed by atoms with E-state index in [-0.39, 0.29) is 11.7 Å². The summed E-state index contributed by atoms with van der Waals surface area (Å²) in [5.41, 5.74) is 7.10. The van der Waals surface area contributed by atoms with Gasteiger partial charge in [0.2, 0.25) is 0 Å². The number of Topliss-reactive ketones (excluding diaryl/α,β-unsaturated/α-hetero) is 1. The Bertz CT molecular complexity index is 557. The zero-order valence-corrected chi connectivity index (χ0v) is 13.8. The minimum Gasteiger partial charge on any atom is -0.492 e. The van der Waals surface area contributed by atoms with Gasteiger partial charge in [0.05, 0.1) is 17.7 Å². The van der Waals surface area contributed by atoms with E-state index in [4.69, 9.17) is 10.5 Å². The van der Waals surface area contributed by atoms with Crippen molar-refractivity contribution >= 4 is 27.8 Å². The summed E-state index contributed by atoms with van der Waals surface area (Å²) in [6.45, 7) is 4.77. The van der Waals surface area contributed by atoms with E-state index in [1.54, 1.807) is 7.11 Å². The molecule has 0 spiro atoms. The predicted octanol–water partition coefficient (Wildman–Crippen LogP) is 3.78. The molecule has 2 saturated carbocycles. The van der Waals surface area contributed by atoms with E-state index in [0.717, 1.165) is 17.5 Å². The van der Waals surface area contributed by atoms with E-state index < -0.39 is 0 Å². The minimum atomic E-state index is -0.0512. The number of carbonyl (C=O) groups excluding carboxylic acids is 1. The summed E-state index contributed by atoms with van der Waals surface area (Å²) in [7, 11) is 1.61. The van der Waals surface area contributed by atoms with Gasteiger partial charge in [-0.1, -0.05) is 13.8 Å². The number of carbonyl (C=O) groups is 1. The fourth-order valence-corrected chi connectivity index (χ4v) is 4.21. The Labute approximate surface area is 130 Å². The van der Waals surface area contributed by atoms with Gasteiger partial charge in [-0.15, -0.1) is 11.3 Å². The molecule has 1 heterocycles. The average Bonchev–Trinajstić information content (AvgIpc) is 3.33. The van der Waals surface area contributed by atoms with E-state index in [9.17, 15) is 4.79 Å². The van der Waals surface area contributed by atoms with Gasteiger partial charge in [0, 0.05) is 12.5 Å². The molecule has 0 aliphatic heterocycles. The zero-order valence-electron chi connectivity index (χ0n) is 13.0. The van der Waals surface area contributed by atoms with Crippen LogP contribution in [0.5, 0.6) is 5.75 Å². The van der Waals surface area contributed by atoms with Gasteiger partial charge >= 0.3 is 0 Å². The highest BCUT2D eigenvalue weighted by molar-refractivity contribution is 7.19. The van der Waals surface area contributed by atoms with Gasteiger partial charge < -0.3 is 15.8 Å². The second-order valence-electron chi connectivity index (χ2n) is 6.72. The second kappa shape index (κ2) is 5.20. The smallest absolute Gasteiger partial charge is 0.177 e. The molecule has 1 aromatic rings. The maximum absolute atomic E-state index is 12.2. The Balaban J connectivity index is 1.77. The maximum Gasteiger partial charge on any atom is 0.177 e. The molecule has 0 amide bonds. The van der Waals surface area contributed by atoms with E-state index in [1.807, 2.05) is 13.8 Å². The highest BCUT2D eigenvalue weighted by atomic mass is 32.1. The highest BCUT2D eigenvalue weighted by Crippen LogP contribution is 2.61. The molecule has 2 aliphatic carbocycles. The number of hydrogen-bond acceptors (Lipinski definition) is 5. The Morgan fingerprint density at radius 3 is 2.62 bits per heavy atom. The number of ketones is 1. The van der Waals surface area contributed by atoms with Crippen LogP contribution in [0.15, 0.2) is 0 Å². The van der Waals surface area contributed by atoms with E-state index in [1.165, 1.54) is 37.0 Å². The first-order chi connectivity index (χ1) is 9.98. The first-order valence-corrected chi connectivity index (χ1v) is 8.54. The van der Waals surface area contributed by atoms with Crippen LogP contribution in [-0.2, 0) is 0 Å². The lowest BCUT2D eigenvalue weighted by atomic mass is 10.0. The largest absolute Gasteiger partial charge is 0.492 e. The third-order valence-corrected chi connectivity index (χ3v) is 5.95. The van der Waals surface area contributed by atoms with Crippen molar-refractivity contribution in [3.05, 3.63) is 4.88 Å². The number of rotatable bonds is 7. The number of hydrogen-bond donors (Lipinski definition) is 2. The number of nitrogen functional groups attached to an aromatic ring is 1. The van der Waals surface area contributed by atoms with Crippen molar-refractivity contribution in [2.75, 3.05) is 24.7 Å². The molecule has 2 fully saturated rings. The van der Waals surface area contributed by atoms with Crippen molar-refractivity contribution in [3.63, 3.8) is 0 Å². The summed E-state index contributed by atoms with van der Waals surface area (Å²) >= 11 is 1.44. The van der Waals surface area contributed by atoms with Gasteiger partial charge in [0.25, 0.3) is 0 Å². The van der Waals surface area contributed by atoms with Gasteiger partial charge in [-0.05, 0) is 37.0 Å². The Morgan fingerprint density at radius 2 is 2.14 bits per heavy atom. The average molecular weight is 308 g/mol. The van der Waals surface area contributed by atoms with Crippen LogP contribution < -0.4 is 15.8 Å². The van der Waals surface area contributed by atoms with E-state index in [2.05, 4.69) is 5.32 Å². The lowest BCUT2D eigenvalue weighted by molar-refractivity contribution is 0.0944. The van der Waals surface area contributed by atoms with Gasteiger partial charge in [-0.3, -0.25) is 4.79 Å². The molecule has 0 unspecified atom stereocenters. The molecule has 4 nitrogen and oxygen atoms in total. The van der Waals surface area contributed by atoms with Crippen molar-refractivity contribution in [1.82, 2.24) is 0 Å². The SMILES string of the molecule is COc1c(NCC2(C3CC3)CC2)sc(C(=O)C(C)C)c1N. The number of nitrogens with two attached hydrogens (primary N) is 1. The fourth-order valence-electron chi connectivity index (χ4n) is 3.03. The molecule has 0 aromatic carbocycles. The summed E-state index contributed by atoms with van der Waals surface area (Å²) in [4.78, 5) is 12.9. The van der Waals surface area contributed by atoms with Crippen LogP contribution in [0.25, 0.3) is 0 Å². The standard InChI is InChI=1S/C16H24N2O2S/c1-9(2)12(19)14-11(17)13(20-3)15(21-14)18-8-16(6-7-16)10-4-5-10/h9-10,18H,4-8,17H2,1-3H3. The number of thiophene rings is 1. The Kier molecular flexibility index (Phi) is 3.64. The molecule has 116 valence electrons. The van der Waals surface area contributed by atoms with E-state index in [0.29, 0.717) is 21.7 Å². The van der Waals surface area contributed by atoms with Crippen molar-refractivity contribution < 1.29 is 9.53 Å². The number of methoxy groups -OCH3 is 1. The summed E-state index contributed by atoms with van der Waals surface area (Å²) < 4.78 is 5.42. The van der Waals surface area contributed by atoms with Gasteiger partial charge in [0.15, 0.2) is 11.5 Å². The summed E-state index contributed by atoms with van der Waals surface area (Å²) in [5, 5.41) is 4.41. The first kappa shape index (κ1) is 14.7. The Morgan fingerprint density at radius 1 is 1.48 bits per heavy atom. The fraction of sp³-hybridized carbons (Fsp3) is 0.688. The van der Waals surface area contributed by atoms with Gasteiger partial charge in [0.1, 0.15) is 5.00 Å². The van der Waals surface area contributed by atoms with E-state index >= 15 is 0 Å². The molecule has 21 heavy (non-hydrogen) atoms. The monoisotopic (exact) mass is 308 g/mol. The molecule has 0 bridgehead atoms. The lowest BCUT2D eigenvalue weighted by Crippen LogP contribution is -2.17. The van der Waals surface area contributed by atoms with Crippen LogP contribution in [0.1, 0.15) is 49.2 Å². The van der Waals surface area contributed by atoms with Crippen molar-refractivity contribution in [2.45, 2.75) is 39.5 Å². The molecule has 3 N–H and O–H groups in total. The number of anilines is 2. The minimum absolute atomic E-state index is 0.0512. The predicted molar refractivity (Wildman–Crippen MR) is 87.3 cm³/mol. The summed E-state index contributed by atoms with van der Waals surface area (Å²) in [6.07, 6.45) is 5.40. The molecule has 2 aliphatic rings. The van der Waals surface area contributed by atoms with Crippen LogP contribution in [0, 0.1) is 17.3 Å². The molecule has 5 heteroatoms. The quantitative estimate of drug-likeness (QED) is 0.752. The third-order valence-electron chi connectivity index (χ3n) is 4.79. The van der Waals surface area contributed by atoms with Crippen LogP contribution in [0.2, 0.25) is 0 Å². The van der Waals surface area contributed by atoms with Gasteiger partial charge in [-0.25, -0.2) is 0 Å². The first-order valence-electron chi connectivity index (χ1n) is 7.73. The van der Waals surface area contributed by atoms with Crippen LogP contribution in [-0.4, -0.2) is 19.4 Å². The number of ether oxygens (including phenoxy) is 1. The maximum atomic E-state index is 12.2. The number of nitrogens with one attached hydrogen (secondary N) is 1. The summed E-state index contributed by atoms with van der Waals surface area (Å²) in [5.74, 6) is 1.58. The molecule has 0 atom stereocenters. The normalized spacial score (nSPS) is 19.6. The van der Waals surface area contributed by atoms with Crippen LogP contribution in [0.3, 0.4) is 0 Å². The lowest BCUT2D eigenvalue weighted by Gasteiger charge is -2.15. The molecular formula is C16H24N2O2S. The van der Waals surface area contributed by atoms with Crippen molar-refractivity contribution in [1.29, 1.82) is 0 Å². The summed E-state index contributed by atoms with van der Waals surface area (Å²) in [6, 6.07) is 0. The second-order valence-corrected chi connectivity index (χ2v) is 7.74. The van der Waals surface area contributed by atoms with Crippen LogP contribution >= 0.6 is 11.3 Å².